The Morgan fingerprint density at radius 3 is 2.20 bits per heavy atom. The number of halogens is 6. The number of carbonyl (C=O) groups is 1. The van der Waals surface area contributed by atoms with Crippen LogP contribution in [0.2, 0.25) is 0 Å². The number of benzene rings is 1. The molecule has 0 aliphatic rings. The van der Waals surface area contributed by atoms with Crippen LogP contribution in [0.15, 0.2) is 24.4 Å². The predicted octanol–water partition coefficient (Wildman–Crippen LogP) is 3.18. The number of aromatic carboxylic acids is 1. The number of hydrogen-bond acceptors (Lipinski definition) is 5. The zero-order valence-corrected chi connectivity index (χ0v) is 12.3. The lowest BCUT2D eigenvalue weighted by molar-refractivity contribution is -0.137. The monoisotopic (exact) mass is 389 g/mol. The summed E-state index contributed by atoms with van der Waals surface area (Å²) in [5.41, 5.74) is -8.77. The van der Waals surface area contributed by atoms with Gasteiger partial charge in [-0.25, -0.2) is 4.79 Å². The minimum Gasteiger partial charge on any atom is -0.477 e. The van der Waals surface area contributed by atoms with Crippen LogP contribution in [-0.4, -0.2) is 30.0 Å². The average Bonchev–Trinajstić information content (AvgIpc) is 2.44. The van der Waals surface area contributed by atoms with Crippen molar-refractivity contribution in [2.45, 2.75) is 11.7 Å². The Kier molecular flexibility index (Phi) is 4.32. The summed E-state index contributed by atoms with van der Waals surface area (Å²) in [7, 11) is -6.25. The molecule has 1 heterocycles. The van der Waals surface area contributed by atoms with Crippen molar-refractivity contribution in [3.8, 4) is 5.75 Å². The summed E-state index contributed by atoms with van der Waals surface area (Å²) in [6, 6.07) is 1.40. The van der Waals surface area contributed by atoms with Crippen molar-refractivity contribution < 1.29 is 48.8 Å². The van der Waals surface area contributed by atoms with Crippen LogP contribution in [0, 0.1) is 0 Å². The largest absolute Gasteiger partial charge is 0.534 e. The van der Waals surface area contributed by atoms with Crippen molar-refractivity contribution in [2.24, 2.45) is 0 Å². The van der Waals surface area contributed by atoms with Crippen LogP contribution in [0.4, 0.5) is 26.3 Å². The maximum atomic E-state index is 12.7. The molecule has 0 atom stereocenters. The summed E-state index contributed by atoms with van der Waals surface area (Å²) in [5, 5.41) is 8.28. The third-order valence-corrected chi connectivity index (χ3v) is 3.81. The molecule has 0 unspecified atom stereocenters. The molecule has 0 saturated heterocycles. The molecule has 0 amide bonds. The van der Waals surface area contributed by atoms with Crippen molar-refractivity contribution in [2.75, 3.05) is 0 Å². The summed E-state index contributed by atoms with van der Waals surface area (Å²) in [6.45, 7) is 0. The number of rotatable bonds is 3. The zero-order chi connectivity index (χ0) is 19.2. The Balaban J connectivity index is 2.75. The lowest BCUT2D eigenvalue weighted by Crippen LogP contribution is -2.28. The van der Waals surface area contributed by atoms with Crippen molar-refractivity contribution in [1.82, 2.24) is 4.98 Å². The minimum atomic E-state index is -6.25. The lowest BCUT2D eigenvalue weighted by Gasteiger charge is -2.14. The molecule has 1 aromatic carbocycles. The molecule has 13 heteroatoms. The summed E-state index contributed by atoms with van der Waals surface area (Å²) in [6.07, 6.45) is -4.41. The second-order valence-electron chi connectivity index (χ2n) is 4.52. The first-order chi connectivity index (χ1) is 11.2. The first-order valence-electron chi connectivity index (χ1n) is 5.98. The van der Waals surface area contributed by atoms with Crippen LogP contribution in [0.5, 0.6) is 5.75 Å². The van der Waals surface area contributed by atoms with Gasteiger partial charge in [0.2, 0.25) is 0 Å². The van der Waals surface area contributed by atoms with Crippen molar-refractivity contribution in [1.29, 1.82) is 0 Å². The third-order valence-electron chi connectivity index (χ3n) is 2.85. The van der Waals surface area contributed by atoms with E-state index in [4.69, 9.17) is 5.11 Å². The molecule has 0 radical (unpaired) electrons. The van der Waals surface area contributed by atoms with Gasteiger partial charge >= 0.3 is 27.8 Å². The van der Waals surface area contributed by atoms with Gasteiger partial charge in [0.1, 0.15) is 5.56 Å². The number of fused-ring (bicyclic) bond motifs is 1. The Morgan fingerprint density at radius 1 is 1.12 bits per heavy atom. The average molecular weight is 389 g/mol. The van der Waals surface area contributed by atoms with Gasteiger partial charge in [-0.2, -0.15) is 34.8 Å². The van der Waals surface area contributed by atoms with E-state index in [9.17, 15) is 39.6 Å². The van der Waals surface area contributed by atoms with Gasteiger partial charge in [-0.3, -0.25) is 4.98 Å². The number of nitrogens with zero attached hydrogens (tertiary/aromatic N) is 1. The fraction of sp³-hybridized carbons (Fsp3) is 0.167. The Bertz CT molecular complexity index is 951. The van der Waals surface area contributed by atoms with E-state index < -0.39 is 55.6 Å². The van der Waals surface area contributed by atoms with Crippen LogP contribution in [0.3, 0.4) is 0 Å². The third kappa shape index (κ3) is 3.60. The molecular weight excluding hydrogens is 384 g/mol. The van der Waals surface area contributed by atoms with Crippen LogP contribution in [-0.2, 0) is 16.3 Å². The number of aromatic nitrogens is 1. The van der Waals surface area contributed by atoms with Crippen molar-refractivity contribution >= 4 is 27.0 Å². The second kappa shape index (κ2) is 5.75. The Morgan fingerprint density at radius 2 is 1.72 bits per heavy atom. The van der Waals surface area contributed by atoms with E-state index in [2.05, 4.69) is 9.17 Å². The highest BCUT2D eigenvalue weighted by Crippen LogP contribution is 2.37. The maximum Gasteiger partial charge on any atom is 0.534 e. The maximum absolute atomic E-state index is 12.7. The van der Waals surface area contributed by atoms with Gasteiger partial charge < -0.3 is 9.29 Å². The van der Waals surface area contributed by atoms with E-state index in [1.807, 2.05) is 0 Å². The fourth-order valence-electron chi connectivity index (χ4n) is 1.74. The first-order valence-corrected chi connectivity index (χ1v) is 7.39. The highest BCUT2D eigenvalue weighted by molar-refractivity contribution is 7.88. The molecule has 0 aliphatic carbocycles. The highest BCUT2D eigenvalue weighted by Gasteiger charge is 2.49. The molecule has 0 spiro atoms. The summed E-state index contributed by atoms with van der Waals surface area (Å²) >= 11 is 0. The molecule has 136 valence electrons. The summed E-state index contributed by atoms with van der Waals surface area (Å²) < 4.78 is 101. The van der Waals surface area contributed by atoms with Gasteiger partial charge in [0.25, 0.3) is 0 Å². The number of pyridine rings is 1. The molecular formula is C12H5F6NO5S. The van der Waals surface area contributed by atoms with E-state index in [0.29, 0.717) is 24.4 Å². The Labute approximate surface area is 134 Å². The molecule has 1 N–H and O–H groups in total. The van der Waals surface area contributed by atoms with E-state index in [1.165, 1.54) is 0 Å². The molecule has 0 bridgehead atoms. The first kappa shape index (κ1) is 18.8. The quantitative estimate of drug-likeness (QED) is 0.492. The van der Waals surface area contributed by atoms with E-state index in [0.717, 1.165) is 0 Å². The zero-order valence-electron chi connectivity index (χ0n) is 11.5. The fourth-order valence-corrected chi connectivity index (χ4v) is 2.24. The Hall–Kier alpha value is -2.57. The smallest absolute Gasteiger partial charge is 0.477 e. The van der Waals surface area contributed by atoms with Gasteiger partial charge in [0.05, 0.1) is 11.1 Å². The van der Waals surface area contributed by atoms with Gasteiger partial charge in [0.15, 0.2) is 5.75 Å². The van der Waals surface area contributed by atoms with Crippen LogP contribution in [0.1, 0.15) is 15.9 Å². The highest BCUT2D eigenvalue weighted by atomic mass is 32.2. The van der Waals surface area contributed by atoms with Gasteiger partial charge in [0, 0.05) is 11.6 Å². The van der Waals surface area contributed by atoms with Crippen molar-refractivity contribution in [3.05, 3.63) is 35.5 Å². The summed E-state index contributed by atoms with van der Waals surface area (Å²) in [5.74, 6) is -3.18. The van der Waals surface area contributed by atoms with E-state index in [-0.39, 0.29) is 0 Å². The standard InChI is InChI=1S/C12H5F6NO5S/c13-11(14,15)5-1-2-6-8(3-5)19-4-7(10(20)21)9(6)24-25(22,23)12(16,17)18/h1-4H,(H,20,21). The number of alkyl halides is 6. The second-order valence-corrected chi connectivity index (χ2v) is 6.06. The number of carboxylic acid groups (broad SMARTS) is 1. The SMILES string of the molecule is O=C(O)c1cnc2cc(C(F)(F)F)ccc2c1OS(=O)(=O)C(F)(F)F. The van der Waals surface area contributed by atoms with Crippen LogP contribution < -0.4 is 4.18 Å². The van der Waals surface area contributed by atoms with Crippen LogP contribution in [0.25, 0.3) is 10.9 Å². The normalized spacial score (nSPS) is 13.0. The molecule has 6 nitrogen and oxygen atoms in total. The molecule has 0 aliphatic heterocycles. The summed E-state index contributed by atoms with van der Waals surface area (Å²) in [4.78, 5) is 14.4. The topological polar surface area (TPSA) is 93.6 Å². The molecule has 1 aromatic heterocycles. The van der Waals surface area contributed by atoms with Gasteiger partial charge in [-0.1, -0.05) is 0 Å². The molecule has 2 rings (SSSR count). The van der Waals surface area contributed by atoms with E-state index in [1.54, 1.807) is 0 Å². The van der Waals surface area contributed by atoms with Gasteiger partial charge in [-0.15, -0.1) is 0 Å². The van der Waals surface area contributed by atoms with Crippen molar-refractivity contribution in [3.63, 3.8) is 0 Å². The molecule has 2 aromatic rings. The van der Waals surface area contributed by atoms with Gasteiger partial charge in [-0.05, 0) is 18.2 Å². The molecule has 0 fully saturated rings. The molecule has 0 saturated carbocycles. The number of hydrogen-bond donors (Lipinski definition) is 1. The van der Waals surface area contributed by atoms with Crippen LogP contribution >= 0.6 is 0 Å². The lowest BCUT2D eigenvalue weighted by atomic mass is 10.1. The molecule has 25 heavy (non-hydrogen) atoms. The number of carboxylic acids is 1. The minimum absolute atomic E-state index is 0.395. The van der Waals surface area contributed by atoms with E-state index >= 15 is 0 Å². The predicted molar refractivity (Wildman–Crippen MR) is 69.3 cm³/mol.